The van der Waals surface area contributed by atoms with E-state index in [-0.39, 0.29) is 0 Å². The molecule has 2 aromatic rings. The lowest BCUT2D eigenvalue weighted by molar-refractivity contribution is 0.617. The minimum atomic E-state index is 0.443. The number of hydrogen-bond donors (Lipinski definition) is 1. The fourth-order valence-electron chi connectivity index (χ4n) is 2.12. The van der Waals surface area contributed by atoms with Gasteiger partial charge in [-0.3, -0.25) is 0 Å². The highest BCUT2D eigenvalue weighted by Crippen LogP contribution is 2.27. The first-order chi connectivity index (χ1) is 9.69. The highest BCUT2D eigenvalue weighted by molar-refractivity contribution is 7.99. The summed E-state index contributed by atoms with van der Waals surface area (Å²) in [6.07, 6.45) is 1.04. The molecule has 0 radical (unpaired) electrons. The Labute approximate surface area is 130 Å². The third-order valence-corrected chi connectivity index (χ3v) is 4.93. The summed E-state index contributed by atoms with van der Waals surface area (Å²) in [5.41, 5.74) is 2.69. The Morgan fingerprint density at radius 1 is 1.15 bits per heavy atom. The number of halogens is 1. The standard InChI is InChI=1S/C17H20ClNS/c1-13-6-5-7-14(10-13)11-15(19-2)12-20-17-9-4-3-8-16(17)18/h3-10,15,19H,11-12H2,1-2H3. The van der Waals surface area contributed by atoms with E-state index < -0.39 is 0 Å². The summed E-state index contributed by atoms with van der Waals surface area (Å²) < 4.78 is 0. The van der Waals surface area contributed by atoms with Crippen LogP contribution in [0.5, 0.6) is 0 Å². The summed E-state index contributed by atoms with van der Waals surface area (Å²) in [4.78, 5) is 1.15. The lowest BCUT2D eigenvalue weighted by Crippen LogP contribution is -2.30. The second kappa shape index (κ2) is 7.72. The molecule has 0 bridgehead atoms. The smallest absolute Gasteiger partial charge is 0.0541 e. The van der Waals surface area contributed by atoms with E-state index in [0.29, 0.717) is 6.04 Å². The Bertz CT molecular complexity index is 556. The summed E-state index contributed by atoms with van der Waals surface area (Å²) in [5.74, 6) is 1.01. The van der Waals surface area contributed by atoms with Crippen molar-refractivity contribution in [3.63, 3.8) is 0 Å². The van der Waals surface area contributed by atoms with Crippen LogP contribution >= 0.6 is 23.4 Å². The second-order valence-electron chi connectivity index (χ2n) is 4.92. The van der Waals surface area contributed by atoms with Gasteiger partial charge >= 0.3 is 0 Å². The number of thioether (sulfide) groups is 1. The third kappa shape index (κ3) is 4.55. The normalized spacial score (nSPS) is 12.3. The third-order valence-electron chi connectivity index (χ3n) is 3.25. The van der Waals surface area contributed by atoms with Gasteiger partial charge in [-0.15, -0.1) is 11.8 Å². The zero-order valence-corrected chi connectivity index (χ0v) is 13.5. The molecule has 1 atom stereocenters. The van der Waals surface area contributed by atoms with Gasteiger partial charge in [0.2, 0.25) is 0 Å². The van der Waals surface area contributed by atoms with Crippen molar-refractivity contribution >= 4 is 23.4 Å². The van der Waals surface area contributed by atoms with Crippen molar-refractivity contribution in [2.45, 2.75) is 24.3 Å². The highest BCUT2D eigenvalue weighted by Gasteiger charge is 2.09. The lowest BCUT2D eigenvalue weighted by Gasteiger charge is -2.16. The fraction of sp³-hybridized carbons (Fsp3) is 0.294. The number of nitrogens with one attached hydrogen (secondary N) is 1. The topological polar surface area (TPSA) is 12.0 Å². The molecule has 1 N–H and O–H groups in total. The van der Waals surface area contributed by atoms with Crippen molar-refractivity contribution in [3.8, 4) is 0 Å². The Balaban J connectivity index is 1.94. The summed E-state index contributed by atoms with van der Waals surface area (Å²) in [7, 11) is 2.02. The zero-order chi connectivity index (χ0) is 14.4. The minimum Gasteiger partial charge on any atom is -0.316 e. The van der Waals surface area contributed by atoms with E-state index >= 15 is 0 Å². The van der Waals surface area contributed by atoms with Gasteiger partial charge in [-0.25, -0.2) is 0 Å². The molecule has 2 aromatic carbocycles. The first kappa shape index (κ1) is 15.4. The van der Waals surface area contributed by atoms with Crippen LogP contribution in [0.15, 0.2) is 53.4 Å². The molecule has 0 aliphatic carbocycles. The SMILES string of the molecule is CNC(CSc1ccccc1Cl)Cc1cccc(C)c1. The van der Waals surface area contributed by atoms with Crippen LogP contribution in [0, 0.1) is 6.92 Å². The number of aryl methyl sites for hydroxylation is 1. The summed E-state index contributed by atoms with van der Waals surface area (Å²) >= 11 is 8.00. The van der Waals surface area contributed by atoms with Crippen molar-refractivity contribution in [2.24, 2.45) is 0 Å². The first-order valence-corrected chi connectivity index (χ1v) is 8.15. The molecule has 106 valence electrons. The number of hydrogen-bond acceptors (Lipinski definition) is 2. The van der Waals surface area contributed by atoms with E-state index in [4.69, 9.17) is 11.6 Å². The fourth-order valence-corrected chi connectivity index (χ4v) is 3.47. The second-order valence-corrected chi connectivity index (χ2v) is 6.39. The van der Waals surface area contributed by atoms with Crippen LogP contribution in [-0.2, 0) is 6.42 Å². The summed E-state index contributed by atoms with van der Waals surface area (Å²) in [5, 5.41) is 4.23. The van der Waals surface area contributed by atoms with Gasteiger partial charge in [0, 0.05) is 16.7 Å². The van der Waals surface area contributed by atoms with Gasteiger partial charge in [0.25, 0.3) is 0 Å². The minimum absolute atomic E-state index is 0.443. The van der Waals surface area contributed by atoms with Gasteiger partial charge in [0.1, 0.15) is 0 Å². The number of rotatable bonds is 6. The molecule has 0 aliphatic heterocycles. The van der Waals surface area contributed by atoms with Gasteiger partial charge < -0.3 is 5.32 Å². The average Bonchev–Trinajstić information content (AvgIpc) is 2.45. The molecule has 0 spiro atoms. The highest BCUT2D eigenvalue weighted by atomic mass is 35.5. The quantitative estimate of drug-likeness (QED) is 0.785. The molecule has 3 heteroatoms. The predicted octanol–water partition coefficient (Wildman–Crippen LogP) is 4.57. The van der Waals surface area contributed by atoms with E-state index in [2.05, 4.69) is 42.6 Å². The van der Waals surface area contributed by atoms with Crippen LogP contribution in [0.3, 0.4) is 0 Å². The number of benzene rings is 2. The maximum Gasteiger partial charge on any atom is 0.0541 e. The maximum atomic E-state index is 6.19. The Hall–Kier alpha value is -0.960. The number of likely N-dealkylation sites (N-methyl/N-ethyl adjacent to an activating group) is 1. The molecule has 1 unspecified atom stereocenters. The molecule has 0 amide bonds. The van der Waals surface area contributed by atoms with Crippen molar-refractivity contribution in [1.82, 2.24) is 5.32 Å². The van der Waals surface area contributed by atoms with Crippen molar-refractivity contribution in [2.75, 3.05) is 12.8 Å². The van der Waals surface area contributed by atoms with Gasteiger partial charge in [0.15, 0.2) is 0 Å². The molecule has 0 saturated carbocycles. The molecule has 0 aliphatic rings. The predicted molar refractivity (Wildman–Crippen MR) is 89.9 cm³/mol. The molecule has 0 aromatic heterocycles. The van der Waals surface area contributed by atoms with Gasteiger partial charge in [-0.05, 0) is 38.1 Å². The van der Waals surface area contributed by atoms with Crippen LogP contribution < -0.4 is 5.32 Å². The largest absolute Gasteiger partial charge is 0.316 e. The van der Waals surface area contributed by atoms with E-state index in [1.165, 1.54) is 11.1 Å². The first-order valence-electron chi connectivity index (χ1n) is 6.79. The van der Waals surface area contributed by atoms with E-state index in [0.717, 1.165) is 22.1 Å². The van der Waals surface area contributed by atoms with E-state index in [1.54, 1.807) is 0 Å². The maximum absolute atomic E-state index is 6.19. The van der Waals surface area contributed by atoms with Crippen molar-refractivity contribution in [1.29, 1.82) is 0 Å². The Morgan fingerprint density at radius 2 is 1.95 bits per heavy atom. The van der Waals surface area contributed by atoms with Crippen LogP contribution in [0.2, 0.25) is 5.02 Å². The van der Waals surface area contributed by atoms with Crippen molar-refractivity contribution < 1.29 is 0 Å². The average molecular weight is 306 g/mol. The van der Waals surface area contributed by atoms with Crippen LogP contribution in [0.1, 0.15) is 11.1 Å². The summed E-state index contributed by atoms with van der Waals surface area (Å²) in [6, 6.07) is 17.2. The Morgan fingerprint density at radius 3 is 2.65 bits per heavy atom. The Kier molecular flexibility index (Phi) is 5.96. The van der Waals surface area contributed by atoms with Crippen LogP contribution in [0.25, 0.3) is 0 Å². The van der Waals surface area contributed by atoms with Crippen LogP contribution in [0.4, 0.5) is 0 Å². The molecule has 0 fully saturated rings. The molecular formula is C17H20ClNS. The van der Waals surface area contributed by atoms with Gasteiger partial charge in [-0.2, -0.15) is 0 Å². The van der Waals surface area contributed by atoms with E-state index in [9.17, 15) is 0 Å². The van der Waals surface area contributed by atoms with Crippen LogP contribution in [-0.4, -0.2) is 18.8 Å². The lowest BCUT2D eigenvalue weighted by atomic mass is 10.1. The van der Waals surface area contributed by atoms with Gasteiger partial charge in [-0.1, -0.05) is 53.6 Å². The summed E-state index contributed by atoms with van der Waals surface area (Å²) in [6.45, 7) is 2.14. The monoisotopic (exact) mass is 305 g/mol. The molecule has 0 heterocycles. The molecular weight excluding hydrogens is 286 g/mol. The zero-order valence-electron chi connectivity index (χ0n) is 11.9. The molecule has 1 nitrogen and oxygen atoms in total. The van der Waals surface area contributed by atoms with Gasteiger partial charge in [0.05, 0.1) is 5.02 Å². The van der Waals surface area contributed by atoms with Crippen molar-refractivity contribution in [3.05, 3.63) is 64.7 Å². The molecule has 20 heavy (non-hydrogen) atoms. The molecule has 0 saturated heterocycles. The van der Waals surface area contributed by atoms with E-state index in [1.807, 2.05) is 37.0 Å². The molecule has 2 rings (SSSR count).